The average Bonchev–Trinajstić information content (AvgIpc) is 3.22. The summed E-state index contributed by atoms with van der Waals surface area (Å²) in [5, 5.41) is 7.20. The third kappa shape index (κ3) is 5.65. The average molecular weight is 527 g/mol. The molecular formula is C27H34N4O5S. The molecule has 198 valence electrons. The van der Waals surface area contributed by atoms with Crippen molar-refractivity contribution in [2.24, 2.45) is 0 Å². The van der Waals surface area contributed by atoms with E-state index in [4.69, 9.17) is 4.74 Å². The second-order valence-corrected chi connectivity index (χ2v) is 11.7. The molecule has 0 spiro atoms. The Morgan fingerprint density at radius 3 is 2.57 bits per heavy atom. The first-order valence-electron chi connectivity index (χ1n) is 12.4. The zero-order chi connectivity index (χ0) is 26.7. The third-order valence-electron chi connectivity index (χ3n) is 6.76. The fourth-order valence-corrected chi connectivity index (χ4v) is 5.93. The highest BCUT2D eigenvalue weighted by molar-refractivity contribution is 7.91. The molecule has 1 aromatic heterocycles. The van der Waals surface area contributed by atoms with Gasteiger partial charge in [0.2, 0.25) is 0 Å². The van der Waals surface area contributed by atoms with Crippen molar-refractivity contribution in [3.8, 4) is 0 Å². The molecule has 2 N–H and O–H groups in total. The summed E-state index contributed by atoms with van der Waals surface area (Å²) in [7, 11) is -2.05. The molecule has 1 aliphatic heterocycles. The van der Waals surface area contributed by atoms with E-state index < -0.39 is 22.2 Å². The van der Waals surface area contributed by atoms with E-state index in [1.807, 2.05) is 63.4 Å². The molecule has 0 aliphatic carbocycles. The van der Waals surface area contributed by atoms with Crippen molar-refractivity contribution in [1.82, 2.24) is 15.2 Å². The lowest BCUT2D eigenvalue weighted by Crippen LogP contribution is -2.50. The molecule has 0 fully saturated rings. The van der Waals surface area contributed by atoms with Crippen molar-refractivity contribution in [1.29, 1.82) is 0 Å². The van der Waals surface area contributed by atoms with Gasteiger partial charge >= 0.3 is 0 Å². The molecule has 2 heterocycles. The molecule has 2 atom stereocenters. The van der Waals surface area contributed by atoms with Gasteiger partial charge in [0, 0.05) is 36.8 Å². The molecule has 3 aromatic rings. The Bertz CT molecular complexity index is 1380. The topological polar surface area (TPSA) is 110 Å². The SMILES string of the molecule is CCc1cn2c3c(cc(C(=O)N[C@@H](Cc4ccccc4)[C@@H](CNC(C)C)OC=O)cc13)N(C)S(=O)(=O)C2. The first-order valence-corrected chi connectivity index (χ1v) is 14.0. The van der Waals surface area contributed by atoms with Crippen LogP contribution in [-0.2, 0) is 38.3 Å². The number of hydrogen-bond acceptors (Lipinski definition) is 6. The molecular weight excluding hydrogens is 492 g/mol. The Labute approximate surface area is 217 Å². The first-order chi connectivity index (χ1) is 17.6. The summed E-state index contributed by atoms with van der Waals surface area (Å²) in [5.74, 6) is -0.500. The van der Waals surface area contributed by atoms with Crippen molar-refractivity contribution >= 4 is 39.0 Å². The van der Waals surface area contributed by atoms with Crippen LogP contribution in [0.4, 0.5) is 5.69 Å². The Morgan fingerprint density at radius 2 is 1.92 bits per heavy atom. The number of amides is 1. The van der Waals surface area contributed by atoms with E-state index >= 15 is 0 Å². The van der Waals surface area contributed by atoms with Crippen molar-refractivity contribution in [3.05, 3.63) is 65.4 Å². The van der Waals surface area contributed by atoms with Gasteiger partial charge in [-0.05, 0) is 36.1 Å². The van der Waals surface area contributed by atoms with E-state index in [0.717, 1.165) is 22.0 Å². The molecule has 0 unspecified atom stereocenters. The van der Waals surface area contributed by atoms with Gasteiger partial charge in [-0.2, -0.15) is 0 Å². The fraction of sp³-hybridized carbons (Fsp3) is 0.407. The van der Waals surface area contributed by atoms with Crippen LogP contribution in [0.3, 0.4) is 0 Å². The van der Waals surface area contributed by atoms with Crippen LogP contribution in [0, 0.1) is 0 Å². The number of ether oxygens (including phenoxy) is 1. The summed E-state index contributed by atoms with van der Waals surface area (Å²) >= 11 is 0. The van der Waals surface area contributed by atoms with E-state index in [-0.39, 0.29) is 17.8 Å². The number of anilines is 1. The molecule has 0 saturated heterocycles. The number of aryl methyl sites for hydroxylation is 1. The van der Waals surface area contributed by atoms with E-state index in [9.17, 15) is 18.0 Å². The van der Waals surface area contributed by atoms with E-state index in [2.05, 4.69) is 10.6 Å². The van der Waals surface area contributed by atoms with Gasteiger partial charge < -0.3 is 19.9 Å². The monoisotopic (exact) mass is 526 g/mol. The number of aromatic nitrogens is 1. The van der Waals surface area contributed by atoms with Gasteiger partial charge in [0.25, 0.3) is 22.4 Å². The Morgan fingerprint density at radius 1 is 1.19 bits per heavy atom. The second kappa shape index (κ2) is 10.9. The molecule has 9 nitrogen and oxygen atoms in total. The van der Waals surface area contributed by atoms with Crippen LogP contribution in [-0.4, -0.2) is 57.1 Å². The van der Waals surface area contributed by atoms with E-state index in [1.165, 1.54) is 11.4 Å². The third-order valence-corrected chi connectivity index (χ3v) is 8.39. The van der Waals surface area contributed by atoms with Crippen molar-refractivity contribution in [2.75, 3.05) is 17.9 Å². The maximum atomic E-state index is 13.6. The first kappa shape index (κ1) is 26.7. The van der Waals surface area contributed by atoms with Crippen LogP contribution in [0.15, 0.2) is 48.7 Å². The zero-order valence-corrected chi connectivity index (χ0v) is 22.4. The number of carbonyl (C=O) groups excluding carboxylic acids is 2. The normalized spacial score (nSPS) is 16.0. The largest absolute Gasteiger partial charge is 0.461 e. The minimum Gasteiger partial charge on any atom is -0.461 e. The highest BCUT2D eigenvalue weighted by Gasteiger charge is 2.31. The van der Waals surface area contributed by atoms with Crippen molar-refractivity contribution < 1.29 is 22.7 Å². The molecule has 1 amide bonds. The van der Waals surface area contributed by atoms with Crippen molar-refractivity contribution in [2.45, 2.75) is 57.7 Å². The minimum atomic E-state index is -3.56. The number of nitrogens with zero attached hydrogens (tertiary/aromatic N) is 2. The molecule has 0 bridgehead atoms. The molecule has 4 rings (SSSR count). The number of hydrogen-bond donors (Lipinski definition) is 2. The number of rotatable bonds is 11. The Kier molecular flexibility index (Phi) is 7.89. The van der Waals surface area contributed by atoms with Crippen molar-refractivity contribution in [3.63, 3.8) is 0 Å². The molecule has 0 radical (unpaired) electrons. The summed E-state index contributed by atoms with van der Waals surface area (Å²) < 4.78 is 34.0. The maximum absolute atomic E-state index is 13.6. The summed E-state index contributed by atoms with van der Waals surface area (Å²) in [6.45, 7) is 6.75. The molecule has 0 saturated carbocycles. The molecule has 37 heavy (non-hydrogen) atoms. The molecule has 1 aliphatic rings. The zero-order valence-electron chi connectivity index (χ0n) is 21.6. The van der Waals surface area contributed by atoms with Gasteiger partial charge in [-0.15, -0.1) is 0 Å². The second-order valence-electron chi connectivity index (χ2n) is 9.68. The quantitative estimate of drug-likeness (QED) is 0.372. The van der Waals surface area contributed by atoms with Gasteiger partial charge in [0.15, 0.2) is 0 Å². The summed E-state index contributed by atoms with van der Waals surface area (Å²) in [6, 6.07) is 12.7. The molecule has 2 aromatic carbocycles. The minimum absolute atomic E-state index is 0.134. The number of sulfonamides is 1. The lowest BCUT2D eigenvalue weighted by Gasteiger charge is -2.29. The van der Waals surface area contributed by atoms with Gasteiger partial charge in [0.1, 0.15) is 12.0 Å². The summed E-state index contributed by atoms with van der Waals surface area (Å²) in [4.78, 5) is 25.0. The van der Waals surface area contributed by atoms with E-state index in [1.54, 1.807) is 10.6 Å². The number of benzene rings is 2. The van der Waals surface area contributed by atoms with Crippen LogP contribution < -0.4 is 14.9 Å². The summed E-state index contributed by atoms with van der Waals surface area (Å²) in [6.07, 6.45) is 2.39. The molecule has 10 heteroatoms. The van der Waals surface area contributed by atoms with Crippen LogP contribution in [0.5, 0.6) is 0 Å². The van der Waals surface area contributed by atoms with E-state index in [0.29, 0.717) is 37.1 Å². The highest BCUT2D eigenvalue weighted by Crippen LogP contribution is 2.37. The van der Waals surface area contributed by atoms with Crippen LogP contribution >= 0.6 is 0 Å². The fourth-order valence-electron chi connectivity index (χ4n) is 4.76. The predicted octanol–water partition coefficient (Wildman–Crippen LogP) is 2.82. The summed E-state index contributed by atoms with van der Waals surface area (Å²) in [5.41, 5.74) is 3.57. The smallest absolute Gasteiger partial charge is 0.293 e. The Hall–Kier alpha value is -3.37. The highest BCUT2D eigenvalue weighted by atomic mass is 32.2. The number of nitrogens with one attached hydrogen (secondary N) is 2. The van der Waals surface area contributed by atoms with Gasteiger partial charge in [-0.25, -0.2) is 8.42 Å². The van der Waals surface area contributed by atoms with Crippen LogP contribution in [0.25, 0.3) is 10.9 Å². The Balaban J connectivity index is 1.72. The van der Waals surface area contributed by atoms with Gasteiger partial charge in [0.05, 0.1) is 17.2 Å². The lowest BCUT2D eigenvalue weighted by atomic mass is 9.99. The van der Waals surface area contributed by atoms with Gasteiger partial charge in [-0.1, -0.05) is 51.1 Å². The number of carbonyl (C=O) groups is 2. The van der Waals surface area contributed by atoms with Crippen LogP contribution in [0.1, 0.15) is 42.3 Å². The standard InChI is InChI=1S/C27H34N4O5S/c1-5-20-15-31-16-37(34,35)30(4)24-13-21(12-22(20)26(24)31)27(33)29-23(11-19-9-7-6-8-10-19)25(36-17-32)14-28-18(2)3/h6-10,12-13,15,17-18,23,25,28H,5,11,14,16H2,1-4H3,(H,29,33)/t23-,25+/m0/s1. The van der Waals surface area contributed by atoms with Crippen LogP contribution in [0.2, 0.25) is 0 Å². The van der Waals surface area contributed by atoms with Gasteiger partial charge in [-0.3, -0.25) is 13.9 Å². The predicted molar refractivity (Wildman–Crippen MR) is 144 cm³/mol. The lowest BCUT2D eigenvalue weighted by molar-refractivity contribution is -0.134. The maximum Gasteiger partial charge on any atom is 0.293 e.